The lowest BCUT2D eigenvalue weighted by atomic mass is 9.87. The Kier molecular flexibility index (Phi) is 3.99. The van der Waals surface area contributed by atoms with Crippen molar-refractivity contribution in [3.63, 3.8) is 0 Å². The number of hydrogen-bond donors (Lipinski definition) is 1. The molecule has 0 aliphatic heterocycles. The minimum absolute atomic E-state index is 0.137. The highest BCUT2D eigenvalue weighted by atomic mass is 79.9. The number of benzene rings is 1. The third kappa shape index (κ3) is 2.99. The highest BCUT2D eigenvalue weighted by molar-refractivity contribution is 9.10. The van der Waals surface area contributed by atoms with Gasteiger partial charge in [-0.05, 0) is 33.5 Å². The predicted octanol–water partition coefficient (Wildman–Crippen LogP) is 4.20. The maximum atomic E-state index is 6.20. The van der Waals surface area contributed by atoms with Crippen molar-refractivity contribution in [3.05, 3.63) is 33.5 Å². The summed E-state index contributed by atoms with van der Waals surface area (Å²) in [6.07, 6.45) is 0. The molecule has 0 saturated carbocycles. The average Bonchev–Trinajstić information content (AvgIpc) is 2.79. The van der Waals surface area contributed by atoms with Crippen molar-refractivity contribution in [1.82, 2.24) is 10.1 Å². The molecule has 0 aliphatic carbocycles. The van der Waals surface area contributed by atoms with Crippen LogP contribution in [0, 0.1) is 5.41 Å². The van der Waals surface area contributed by atoms with Gasteiger partial charge in [-0.2, -0.15) is 4.98 Å². The fourth-order valence-electron chi connectivity index (χ4n) is 1.53. The van der Waals surface area contributed by atoms with E-state index in [1.54, 1.807) is 0 Å². The van der Waals surface area contributed by atoms with Crippen LogP contribution in [-0.2, 0) is 0 Å². The van der Waals surface area contributed by atoms with Gasteiger partial charge in [0.15, 0.2) is 5.82 Å². The second kappa shape index (κ2) is 5.23. The maximum absolute atomic E-state index is 6.20. The predicted molar refractivity (Wildman–Crippen MR) is 78.8 cm³/mol. The van der Waals surface area contributed by atoms with Crippen molar-refractivity contribution >= 4 is 27.5 Å². The van der Waals surface area contributed by atoms with E-state index in [4.69, 9.17) is 21.9 Å². The Hall–Kier alpha value is -0.910. The third-order valence-corrected chi connectivity index (χ3v) is 4.13. The summed E-state index contributed by atoms with van der Waals surface area (Å²) in [7, 11) is 0. The Morgan fingerprint density at radius 3 is 2.68 bits per heavy atom. The maximum Gasteiger partial charge on any atom is 0.259 e. The zero-order chi connectivity index (χ0) is 14.2. The zero-order valence-corrected chi connectivity index (χ0v) is 13.3. The van der Waals surface area contributed by atoms with Gasteiger partial charge < -0.3 is 10.3 Å². The number of aromatic nitrogens is 2. The fraction of sp³-hybridized carbons (Fsp3) is 0.385. The number of nitrogens with two attached hydrogens (primary N) is 1. The number of rotatable bonds is 2. The summed E-state index contributed by atoms with van der Waals surface area (Å²) in [5, 5.41) is 4.49. The summed E-state index contributed by atoms with van der Waals surface area (Å²) in [5.74, 6) is 0.861. The van der Waals surface area contributed by atoms with Crippen LogP contribution < -0.4 is 5.73 Å². The quantitative estimate of drug-likeness (QED) is 0.886. The van der Waals surface area contributed by atoms with Gasteiger partial charge in [-0.3, -0.25) is 0 Å². The summed E-state index contributed by atoms with van der Waals surface area (Å²) in [6.45, 7) is 6.08. The highest BCUT2D eigenvalue weighted by Gasteiger charge is 2.27. The molecule has 0 aliphatic rings. The summed E-state index contributed by atoms with van der Waals surface area (Å²) in [4.78, 5) is 4.34. The largest absolute Gasteiger partial charge is 0.334 e. The van der Waals surface area contributed by atoms with Gasteiger partial charge in [0, 0.05) is 4.47 Å². The van der Waals surface area contributed by atoms with Crippen LogP contribution in [0.25, 0.3) is 11.5 Å². The van der Waals surface area contributed by atoms with Gasteiger partial charge in [0.05, 0.1) is 16.6 Å². The molecule has 4 nitrogen and oxygen atoms in total. The fourth-order valence-corrected chi connectivity index (χ4v) is 2.10. The first-order valence-electron chi connectivity index (χ1n) is 5.84. The first-order chi connectivity index (χ1) is 8.80. The van der Waals surface area contributed by atoms with Crippen LogP contribution >= 0.6 is 27.5 Å². The number of halogens is 2. The molecule has 0 radical (unpaired) electrons. The van der Waals surface area contributed by atoms with E-state index in [1.807, 2.05) is 39.0 Å². The highest BCUT2D eigenvalue weighted by Crippen LogP contribution is 2.34. The molecule has 1 aromatic carbocycles. The normalized spacial score (nSPS) is 13.6. The lowest BCUT2D eigenvalue weighted by Crippen LogP contribution is -2.27. The van der Waals surface area contributed by atoms with Crippen molar-refractivity contribution < 1.29 is 4.52 Å². The second-order valence-electron chi connectivity index (χ2n) is 5.40. The van der Waals surface area contributed by atoms with Gasteiger partial charge in [0.25, 0.3) is 5.89 Å². The molecule has 2 rings (SSSR count). The molecule has 1 atom stereocenters. The summed E-state index contributed by atoms with van der Waals surface area (Å²) in [6, 6.07) is 5.24. The van der Waals surface area contributed by atoms with Gasteiger partial charge in [-0.1, -0.05) is 43.6 Å². The molecule has 0 amide bonds. The molecule has 0 spiro atoms. The molecular weight excluding hydrogens is 330 g/mol. The molecule has 19 heavy (non-hydrogen) atoms. The van der Waals surface area contributed by atoms with Crippen LogP contribution in [-0.4, -0.2) is 10.1 Å². The van der Waals surface area contributed by atoms with Crippen LogP contribution in [0.4, 0.5) is 0 Å². The lowest BCUT2D eigenvalue weighted by molar-refractivity contribution is 0.303. The molecule has 0 saturated heterocycles. The molecule has 1 unspecified atom stereocenters. The molecule has 1 heterocycles. The van der Waals surface area contributed by atoms with Crippen LogP contribution in [0.1, 0.15) is 32.6 Å². The molecule has 1 aromatic heterocycles. The van der Waals surface area contributed by atoms with Gasteiger partial charge in [0.2, 0.25) is 0 Å². The van der Waals surface area contributed by atoms with E-state index in [0.29, 0.717) is 22.3 Å². The van der Waals surface area contributed by atoms with Crippen molar-refractivity contribution in [2.75, 3.05) is 0 Å². The van der Waals surface area contributed by atoms with Gasteiger partial charge in [-0.25, -0.2) is 0 Å². The summed E-state index contributed by atoms with van der Waals surface area (Å²) >= 11 is 9.56. The monoisotopic (exact) mass is 343 g/mol. The smallest absolute Gasteiger partial charge is 0.259 e. The van der Waals surface area contributed by atoms with E-state index in [9.17, 15) is 0 Å². The van der Waals surface area contributed by atoms with Crippen LogP contribution in [0.2, 0.25) is 5.02 Å². The van der Waals surface area contributed by atoms with Crippen molar-refractivity contribution in [2.24, 2.45) is 11.1 Å². The van der Waals surface area contributed by atoms with E-state index in [1.165, 1.54) is 0 Å². The number of hydrogen-bond acceptors (Lipinski definition) is 4. The Balaban J connectivity index is 2.39. The lowest BCUT2D eigenvalue weighted by Gasteiger charge is -2.23. The van der Waals surface area contributed by atoms with Crippen molar-refractivity contribution in [1.29, 1.82) is 0 Å². The minimum atomic E-state index is -0.295. The topological polar surface area (TPSA) is 64.9 Å². The van der Waals surface area contributed by atoms with Gasteiger partial charge >= 0.3 is 0 Å². The van der Waals surface area contributed by atoms with E-state index in [2.05, 4.69) is 26.1 Å². The minimum Gasteiger partial charge on any atom is -0.334 e. The average molecular weight is 345 g/mol. The van der Waals surface area contributed by atoms with Crippen LogP contribution in [0.15, 0.2) is 27.2 Å². The first kappa shape index (κ1) is 14.5. The van der Waals surface area contributed by atoms with Crippen molar-refractivity contribution in [3.8, 4) is 11.5 Å². The second-order valence-corrected chi connectivity index (χ2v) is 6.64. The van der Waals surface area contributed by atoms with Crippen molar-refractivity contribution in [2.45, 2.75) is 26.8 Å². The van der Waals surface area contributed by atoms with E-state index >= 15 is 0 Å². The van der Waals surface area contributed by atoms with Crippen LogP contribution in [0.3, 0.4) is 0 Å². The van der Waals surface area contributed by atoms with E-state index < -0.39 is 0 Å². The Morgan fingerprint density at radius 2 is 2.05 bits per heavy atom. The molecule has 0 bridgehead atoms. The third-order valence-electron chi connectivity index (χ3n) is 2.83. The summed E-state index contributed by atoms with van der Waals surface area (Å²) < 4.78 is 6.04. The number of nitrogens with zero attached hydrogens (tertiary/aromatic N) is 2. The van der Waals surface area contributed by atoms with Crippen LogP contribution in [0.5, 0.6) is 0 Å². The zero-order valence-electron chi connectivity index (χ0n) is 10.9. The van der Waals surface area contributed by atoms with E-state index in [0.717, 1.165) is 4.47 Å². The van der Waals surface area contributed by atoms with Gasteiger partial charge in [-0.15, -0.1) is 0 Å². The SMILES string of the molecule is CC(C)(C)C(N)c1noc(-c2cccc(Br)c2Cl)n1. The molecule has 6 heteroatoms. The molecule has 2 N–H and O–H groups in total. The first-order valence-corrected chi connectivity index (χ1v) is 7.01. The standard InChI is InChI=1S/C13H15BrClN3O/c1-13(2,3)10(16)11-17-12(19-18-11)7-5-4-6-8(14)9(7)15/h4-6,10H,16H2,1-3H3. The Bertz CT molecular complexity index is 592. The Morgan fingerprint density at radius 1 is 1.37 bits per heavy atom. The van der Waals surface area contributed by atoms with E-state index in [-0.39, 0.29) is 11.5 Å². The Labute approximate surface area is 125 Å². The molecule has 102 valence electrons. The molecular formula is C13H15BrClN3O. The molecule has 0 fully saturated rings. The van der Waals surface area contributed by atoms with Gasteiger partial charge in [0.1, 0.15) is 0 Å². The molecule has 2 aromatic rings. The summed E-state index contributed by atoms with van der Waals surface area (Å²) in [5.41, 5.74) is 6.66.